The molecule has 1 N–H and O–H groups in total. The van der Waals surface area contributed by atoms with Crippen LogP contribution in [0.15, 0.2) is 42.5 Å². The lowest BCUT2D eigenvalue weighted by atomic mass is 10.1. The summed E-state index contributed by atoms with van der Waals surface area (Å²) in [7, 11) is 1.65. The van der Waals surface area contributed by atoms with Gasteiger partial charge in [-0.3, -0.25) is 10.1 Å². The third-order valence-electron chi connectivity index (χ3n) is 4.00. The number of benzene rings is 2. The molecule has 24 heavy (non-hydrogen) atoms. The molecule has 0 saturated heterocycles. The number of hydrogen-bond acceptors (Lipinski definition) is 3. The number of halogens is 1. The summed E-state index contributed by atoms with van der Waals surface area (Å²) in [6.45, 7) is 3.46. The predicted octanol–water partition coefficient (Wildman–Crippen LogP) is 4.78. The van der Waals surface area contributed by atoms with Crippen molar-refractivity contribution in [2.75, 3.05) is 12.4 Å². The second kappa shape index (κ2) is 7.31. The maximum atomic E-state index is 12.5. The van der Waals surface area contributed by atoms with Crippen LogP contribution in [0.25, 0.3) is 0 Å². The quantitative estimate of drug-likeness (QED) is 0.638. The molecule has 1 unspecified atom stereocenters. The van der Waals surface area contributed by atoms with E-state index in [9.17, 15) is 14.9 Å². The number of carbonyl (C=O) groups excluding carboxylic acids is 1. The highest BCUT2D eigenvalue weighted by Gasteiger charge is 2.21. The minimum absolute atomic E-state index is 0.0328. The molecule has 0 aromatic heterocycles. The van der Waals surface area contributed by atoms with Crippen molar-refractivity contribution in [1.29, 1.82) is 0 Å². The van der Waals surface area contributed by atoms with Gasteiger partial charge in [-0.2, -0.15) is 0 Å². The Balaban J connectivity index is 2.19. The summed E-state index contributed by atoms with van der Waals surface area (Å²) in [6, 6.07) is 11.3. The third kappa shape index (κ3) is 3.65. The summed E-state index contributed by atoms with van der Waals surface area (Å²) in [5.74, 6) is 0. The van der Waals surface area contributed by atoms with E-state index < -0.39 is 4.92 Å². The largest absolute Gasteiger partial charge is 0.322 e. The van der Waals surface area contributed by atoms with Crippen LogP contribution >= 0.6 is 11.6 Å². The van der Waals surface area contributed by atoms with Gasteiger partial charge >= 0.3 is 6.03 Å². The first-order chi connectivity index (χ1) is 11.3. The molecule has 0 spiro atoms. The predicted molar refractivity (Wildman–Crippen MR) is 94.5 cm³/mol. The van der Waals surface area contributed by atoms with Gasteiger partial charge in [-0.1, -0.05) is 35.9 Å². The number of nitrogens with zero attached hydrogens (tertiary/aromatic N) is 2. The Labute approximate surface area is 145 Å². The fourth-order valence-electron chi connectivity index (χ4n) is 2.36. The van der Waals surface area contributed by atoms with Gasteiger partial charge in [0.1, 0.15) is 0 Å². The first-order valence-electron chi connectivity index (χ1n) is 7.35. The molecule has 7 heteroatoms. The van der Waals surface area contributed by atoms with E-state index in [4.69, 9.17) is 11.6 Å². The van der Waals surface area contributed by atoms with Crippen LogP contribution in [0.3, 0.4) is 0 Å². The van der Waals surface area contributed by atoms with Crippen LogP contribution in [-0.2, 0) is 0 Å². The third-order valence-corrected chi connectivity index (χ3v) is 4.34. The fraction of sp³-hybridized carbons (Fsp3) is 0.235. The number of nitrogens with one attached hydrogen (secondary N) is 1. The second-order valence-electron chi connectivity index (χ2n) is 5.45. The van der Waals surface area contributed by atoms with Gasteiger partial charge in [0.25, 0.3) is 5.69 Å². The molecule has 2 aromatic carbocycles. The van der Waals surface area contributed by atoms with Crippen molar-refractivity contribution in [3.8, 4) is 0 Å². The van der Waals surface area contributed by atoms with Gasteiger partial charge in [0.2, 0.25) is 0 Å². The van der Waals surface area contributed by atoms with Crippen LogP contribution in [0.2, 0.25) is 5.02 Å². The Hall–Kier alpha value is -2.60. The number of nitro benzene ring substituents is 1. The van der Waals surface area contributed by atoms with E-state index in [1.165, 1.54) is 17.0 Å². The SMILES string of the molecule is Cc1c(NC(=O)N(C)C(C)c2ccccc2Cl)cccc1[N+](=O)[O-]. The number of rotatable bonds is 4. The van der Waals surface area contributed by atoms with Crippen LogP contribution < -0.4 is 5.32 Å². The zero-order chi connectivity index (χ0) is 17.9. The van der Waals surface area contributed by atoms with Crippen molar-refractivity contribution in [3.63, 3.8) is 0 Å². The minimum atomic E-state index is -0.471. The molecular weight excluding hydrogens is 330 g/mol. The lowest BCUT2D eigenvalue weighted by Crippen LogP contribution is -2.34. The van der Waals surface area contributed by atoms with Crippen LogP contribution in [0, 0.1) is 17.0 Å². The molecule has 1 atom stereocenters. The lowest BCUT2D eigenvalue weighted by molar-refractivity contribution is -0.385. The molecule has 6 nitrogen and oxygen atoms in total. The molecule has 0 heterocycles. The summed E-state index contributed by atoms with van der Waals surface area (Å²) in [4.78, 5) is 24.5. The summed E-state index contributed by atoms with van der Waals surface area (Å²) < 4.78 is 0. The molecule has 2 rings (SSSR count). The van der Waals surface area contributed by atoms with Crippen molar-refractivity contribution in [2.24, 2.45) is 0 Å². The molecule has 2 aromatic rings. The number of hydrogen-bond donors (Lipinski definition) is 1. The highest BCUT2D eigenvalue weighted by Crippen LogP contribution is 2.28. The Kier molecular flexibility index (Phi) is 5.41. The van der Waals surface area contributed by atoms with Crippen molar-refractivity contribution in [3.05, 3.63) is 68.7 Å². The van der Waals surface area contributed by atoms with Crippen LogP contribution in [0.5, 0.6) is 0 Å². The number of urea groups is 1. The lowest BCUT2D eigenvalue weighted by Gasteiger charge is -2.26. The Bertz CT molecular complexity index is 779. The van der Waals surface area contributed by atoms with Crippen LogP contribution in [-0.4, -0.2) is 22.9 Å². The molecule has 0 saturated carbocycles. The highest BCUT2D eigenvalue weighted by atomic mass is 35.5. The first kappa shape index (κ1) is 17.7. The number of amides is 2. The Morgan fingerprint density at radius 1 is 1.25 bits per heavy atom. The monoisotopic (exact) mass is 347 g/mol. The van der Waals surface area contributed by atoms with Gasteiger partial charge in [-0.25, -0.2) is 4.79 Å². The van der Waals surface area contributed by atoms with Crippen molar-refractivity contribution >= 4 is 29.0 Å². The van der Waals surface area contributed by atoms with E-state index in [1.807, 2.05) is 25.1 Å². The maximum Gasteiger partial charge on any atom is 0.322 e. The average Bonchev–Trinajstić information content (AvgIpc) is 2.55. The second-order valence-corrected chi connectivity index (χ2v) is 5.85. The summed E-state index contributed by atoms with van der Waals surface area (Å²) >= 11 is 6.18. The number of nitro groups is 1. The van der Waals surface area contributed by atoms with E-state index in [0.29, 0.717) is 16.3 Å². The zero-order valence-corrected chi connectivity index (χ0v) is 14.4. The van der Waals surface area contributed by atoms with Gasteiger partial charge in [-0.05, 0) is 31.5 Å². The van der Waals surface area contributed by atoms with Gasteiger partial charge in [0, 0.05) is 18.1 Å². The topological polar surface area (TPSA) is 75.5 Å². The standard InChI is InChI=1S/C17H18ClN3O3/c1-11-15(9-6-10-16(11)21(23)24)19-17(22)20(3)12(2)13-7-4-5-8-14(13)18/h4-10,12H,1-3H3,(H,19,22). The molecule has 0 aliphatic heterocycles. The molecule has 2 amide bonds. The Morgan fingerprint density at radius 3 is 2.54 bits per heavy atom. The van der Waals surface area contributed by atoms with Crippen molar-refractivity contribution in [2.45, 2.75) is 19.9 Å². The molecular formula is C17H18ClN3O3. The van der Waals surface area contributed by atoms with Gasteiger partial charge in [0.15, 0.2) is 0 Å². The summed E-state index contributed by atoms with van der Waals surface area (Å²) in [5.41, 5.74) is 1.62. The number of carbonyl (C=O) groups is 1. The van der Waals surface area contributed by atoms with Gasteiger partial charge in [0.05, 0.1) is 22.2 Å². The molecule has 0 aliphatic carbocycles. The fourth-order valence-corrected chi connectivity index (χ4v) is 2.65. The van der Waals surface area contributed by atoms with Crippen molar-refractivity contribution < 1.29 is 9.72 Å². The van der Waals surface area contributed by atoms with E-state index in [0.717, 1.165) is 5.56 Å². The normalized spacial score (nSPS) is 11.7. The summed E-state index contributed by atoms with van der Waals surface area (Å²) in [6.07, 6.45) is 0. The molecule has 0 bridgehead atoms. The van der Waals surface area contributed by atoms with E-state index in [1.54, 1.807) is 26.1 Å². The molecule has 0 aliphatic rings. The highest BCUT2D eigenvalue weighted by molar-refractivity contribution is 6.31. The van der Waals surface area contributed by atoms with E-state index in [-0.39, 0.29) is 17.8 Å². The van der Waals surface area contributed by atoms with E-state index >= 15 is 0 Å². The first-order valence-corrected chi connectivity index (χ1v) is 7.73. The molecule has 0 fully saturated rings. The number of anilines is 1. The molecule has 0 radical (unpaired) electrons. The smallest absolute Gasteiger partial charge is 0.321 e. The van der Waals surface area contributed by atoms with Gasteiger partial charge in [-0.15, -0.1) is 0 Å². The molecule has 126 valence electrons. The van der Waals surface area contributed by atoms with Crippen LogP contribution in [0.1, 0.15) is 24.1 Å². The Morgan fingerprint density at radius 2 is 1.92 bits per heavy atom. The zero-order valence-electron chi connectivity index (χ0n) is 13.6. The van der Waals surface area contributed by atoms with Gasteiger partial charge < -0.3 is 10.2 Å². The average molecular weight is 348 g/mol. The van der Waals surface area contributed by atoms with Crippen LogP contribution in [0.4, 0.5) is 16.2 Å². The van der Waals surface area contributed by atoms with Crippen molar-refractivity contribution in [1.82, 2.24) is 4.90 Å². The van der Waals surface area contributed by atoms with E-state index in [2.05, 4.69) is 5.32 Å². The minimum Gasteiger partial charge on any atom is -0.321 e. The maximum absolute atomic E-state index is 12.5. The summed E-state index contributed by atoms with van der Waals surface area (Å²) in [5, 5.41) is 14.3.